The van der Waals surface area contributed by atoms with E-state index in [4.69, 9.17) is 16.3 Å². The van der Waals surface area contributed by atoms with E-state index in [1.54, 1.807) is 24.3 Å². The minimum absolute atomic E-state index is 0.119. The van der Waals surface area contributed by atoms with Crippen LogP contribution in [0, 0.1) is 0 Å². The quantitative estimate of drug-likeness (QED) is 0.0244. The van der Waals surface area contributed by atoms with Crippen molar-refractivity contribution in [3.63, 3.8) is 0 Å². The van der Waals surface area contributed by atoms with Gasteiger partial charge >= 0.3 is 5.97 Å². The molecule has 0 saturated heterocycles. The summed E-state index contributed by atoms with van der Waals surface area (Å²) < 4.78 is 8.56. The number of hydrogen-bond donors (Lipinski definition) is 1. The average molecular weight is 702 g/mol. The van der Waals surface area contributed by atoms with Gasteiger partial charge in [0.25, 0.3) is 5.91 Å². The van der Waals surface area contributed by atoms with Crippen LogP contribution in [0.5, 0.6) is 5.75 Å². The largest absolute Gasteiger partial charge is 0.422 e. The molecule has 0 spiro atoms. The molecule has 0 aliphatic heterocycles. The van der Waals surface area contributed by atoms with Gasteiger partial charge in [0, 0.05) is 22.2 Å². The lowest BCUT2D eigenvalue weighted by Crippen LogP contribution is -2.20. The molecule has 1 amide bonds. The van der Waals surface area contributed by atoms with Crippen LogP contribution in [0.1, 0.15) is 85.8 Å². The topological polar surface area (TPSA) is 98.5 Å². The van der Waals surface area contributed by atoms with Crippen LogP contribution in [0.2, 0.25) is 5.02 Å². The van der Waals surface area contributed by atoms with Gasteiger partial charge in [0.2, 0.25) is 0 Å². The van der Waals surface area contributed by atoms with Gasteiger partial charge in [-0.1, -0.05) is 130 Å². The van der Waals surface area contributed by atoms with E-state index in [1.165, 1.54) is 80.7 Å². The number of thiophene rings is 1. The van der Waals surface area contributed by atoms with E-state index in [9.17, 15) is 9.59 Å². The maximum atomic E-state index is 12.9. The van der Waals surface area contributed by atoms with Crippen molar-refractivity contribution in [2.75, 3.05) is 5.75 Å². The van der Waals surface area contributed by atoms with Gasteiger partial charge < -0.3 is 4.74 Å². The lowest BCUT2D eigenvalue weighted by molar-refractivity contribution is -0.118. The first-order valence-corrected chi connectivity index (χ1v) is 18.6. The van der Waals surface area contributed by atoms with Crippen molar-refractivity contribution < 1.29 is 14.3 Å². The number of nitrogens with zero attached hydrogens (tertiary/aromatic N) is 4. The highest BCUT2D eigenvalue weighted by atomic mass is 35.5. The Bertz CT molecular complexity index is 1820. The van der Waals surface area contributed by atoms with Crippen LogP contribution >= 0.6 is 34.7 Å². The summed E-state index contributed by atoms with van der Waals surface area (Å²) in [5.41, 5.74) is 4.20. The Hall–Kier alpha value is -3.99. The molecule has 0 bridgehead atoms. The normalized spacial score (nSPS) is 11.4. The summed E-state index contributed by atoms with van der Waals surface area (Å²) in [6.07, 6.45) is 13.7. The Morgan fingerprint density at radius 3 is 2.42 bits per heavy atom. The highest BCUT2D eigenvalue weighted by molar-refractivity contribution is 7.99. The van der Waals surface area contributed by atoms with E-state index >= 15 is 0 Å². The number of thioether (sulfide) groups is 1. The number of amides is 1. The van der Waals surface area contributed by atoms with E-state index in [2.05, 4.69) is 27.6 Å². The van der Waals surface area contributed by atoms with Gasteiger partial charge in [-0.2, -0.15) is 5.10 Å². The van der Waals surface area contributed by atoms with Crippen LogP contribution in [0.4, 0.5) is 0 Å². The number of para-hydroxylation sites is 1. The zero-order valence-corrected chi connectivity index (χ0v) is 29.5. The Labute approximate surface area is 295 Å². The zero-order valence-electron chi connectivity index (χ0n) is 27.1. The van der Waals surface area contributed by atoms with Crippen molar-refractivity contribution in [1.82, 2.24) is 20.2 Å². The smallest absolute Gasteiger partial charge is 0.355 e. The second-order valence-corrected chi connectivity index (χ2v) is 13.8. The van der Waals surface area contributed by atoms with Crippen LogP contribution < -0.4 is 10.2 Å². The highest BCUT2D eigenvalue weighted by Gasteiger charge is 2.19. The number of ether oxygens (including phenoxy) is 1. The molecule has 0 aliphatic carbocycles. The fourth-order valence-corrected chi connectivity index (χ4v) is 7.43. The maximum Gasteiger partial charge on any atom is 0.355 e. The second-order valence-electron chi connectivity index (χ2n) is 11.4. The van der Waals surface area contributed by atoms with Crippen molar-refractivity contribution in [1.29, 1.82) is 0 Å². The van der Waals surface area contributed by atoms with Gasteiger partial charge in [-0.05, 0) is 42.3 Å². The van der Waals surface area contributed by atoms with E-state index in [0.29, 0.717) is 26.4 Å². The van der Waals surface area contributed by atoms with E-state index < -0.39 is 5.97 Å². The van der Waals surface area contributed by atoms with Crippen molar-refractivity contribution in [3.8, 4) is 11.4 Å². The predicted molar refractivity (Wildman–Crippen MR) is 197 cm³/mol. The molecule has 11 heteroatoms. The fourth-order valence-electron chi connectivity index (χ4n) is 5.28. The number of aryl methyl sites for hydroxylation is 1. The van der Waals surface area contributed by atoms with Crippen LogP contribution in [0.3, 0.4) is 0 Å². The molecule has 8 nitrogen and oxygen atoms in total. The van der Waals surface area contributed by atoms with Gasteiger partial charge in [0.05, 0.1) is 17.0 Å². The number of benzene rings is 3. The molecular weight excluding hydrogens is 662 g/mol. The predicted octanol–water partition coefficient (Wildman–Crippen LogP) is 9.67. The van der Waals surface area contributed by atoms with Crippen molar-refractivity contribution in [2.45, 2.75) is 76.3 Å². The van der Waals surface area contributed by atoms with Gasteiger partial charge in [0.1, 0.15) is 16.5 Å². The van der Waals surface area contributed by atoms with Crippen molar-refractivity contribution >= 4 is 62.9 Å². The lowest BCUT2D eigenvalue weighted by atomic mass is 10.1. The molecular formula is C37H40ClN5O3S2. The Kier molecular flexibility index (Phi) is 13.6. The third-order valence-corrected chi connectivity index (χ3v) is 10.3. The molecule has 5 rings (SSSR count). The highest BCUT2D eigenvalue weighted by Crippen LogP contribution is 2.35. The van der Waals surface area contributed by atoms with Crippen LogP contribution in [0.25, 0.3) is 15.8 Å². The lowest BCUT2D eigenvalue weighted by Gasteiger charge is -2.10. The number of halogens is 1. The third kappa shape index (κ3) is 10.0. The molecule has 0 fully saturated rings. The number of carbonyl (C=O) groups is 2. The molecule has 2 heterocycles. The van der Waals surface area contributed by atoms with Gasteiger partial charge in [-0.25, -0.2) is 10.2 Å². The van der Waals surface area contributed by atoms with E-state index in [1.807, 2.05) is 59.2 Å². The van der Waals surface area contributed by atoms with E-state index in [0.717, 1.165) is 34.4 Å². The van der Waals surface area contributed by atoms with Crippen molar-refractivity contribution in [3.05, 3.63) is 100 Å². The molecule has 0 atom stereocenters. The minimum Gasteiger partial charge on any atom is -0.422 e. The summed E-state index contributed by atoms with van der Waals surface area (Å²) in [7, 11) is 0. The summed E-state index contributed by atoms with van der Waals surface area (Å²) in [4.78, 5) is 25.9. The van der Waals surface area contributed by atoms with Gasteiger partial charge in [-0.15, -0.1) is 21.5 Å². The summed E-state index contributed by atoms with van der Waals surface area (Å²) in [5, 5.41) is 14.9. The summed E-state index contributed by atoms with van der Waals surface area (Å²) in [5.74, 6) is 0.563. The third-order valence-electron chi connectivity index (χ3n) is 7.74. The molecule has 0 unspecified atom stereocenters. The number of unbranched alkanes of at least 4 members (excludes halogenated alkanes) is 8. The molecule has 1 N–H and O–H groups in total. The van der Waals surface area contributed by atoms with Crippen molar-refractivity contribution in [2.24, 2.45) is 5.10 Å². The van der Waals surface area contributed by atoms with Gasteiger partial charge in [0.15, 0.2) is 5.16 Å². The molecule has 250 valence electrons. The van der Waals surface area contributed by atoms with Crippen LogP contribution in [-0.2, 0) is 11.2 Å². The average Bonchev–Trinajstić information content (AvgIpc) is 3.67. The number of hydrogen-bond acceptors (Lipinski definition) is 8. The maximum absolute atomic E-state index is 12.9. The Morgan fingerprint density at radius 1 is 0.917 bits per heavy atom. The molecule has 0 aliphatic rings. The number of rotatable bonds is 18. The number of aromatic nitrogens is 3. The molecule has 2 aromatic heterocycles. The second kappa shape index (κ2) is 18.5. The summed E-state index contributed by atoms with van der Waals surface area (Å²) in [6, 6.07) is 24.5. The minimum atomic E-state index is -0.528. The molecule has 48 heavy (non-hydrogen) atoms. The van der Waals surface area contributed by atoms with Gasteiger partial charge in [-0.3, -0.25) is 9.36 Å². The Balaban J connectivity index is 1.11. The molecule has 0 radical (unpaired) electrons. The number of fused-ring (bicyclic) bond motifs is 1. The first kappa shape index (κ1) is 35.3. The van der Waals surface area contributed by atoms with Crippen LogP contribution in [0.15, 0.2) is 89.1 Å². The fraction of sp³-hybridized carbons (Fsp3) is 0.324. The number of esters is 1. The monoisotopic (exact) mass is 701 g/mol. The number of nitrogens with one attached hydrogen (secondary N) is 1. The molecule has 0 saturated carbocycles. The first-order valence-electron chi connectivity index (χ1n) is 16.5. The Morgan fingerprint density at radius 2 is 1.65 bits per heavy atom. The van der Waals surface area contributed by atoms with Crippen LogP contribution in [-0.4, -0.2) is 38.6 Å². The van der Waals surface area contributed by atoms with E-state index in [-0.39, 0.29) is 11.7 Å². The first-order chi connectivity index (χ1) is 23.5. The summed E-state index contributed by atoms with van der Waals surface area (Å²) in [6.45, 7) is 2.25. The standard InChI is InChI=1S/C37H40ClN5O3S2/c1-2-3-4-5-6-7-8-9-13-23-32-40-42-37(43(32)28-18-11-10-12-19-28)47-26-33(44)41-39-25-27-17-16-20-29(24-27)46-36(45)35-34(38)30-21-14-15-22-31(30)48-35/h10-12,14-22,24-25H,2-9,13,23,26H2,1H3,(H,41,44)/b39-25+. The number of hydrazone groups is 1. The number of carbonyl (C=O) groups excluding carboxylic acids is 2. The SMILES string of the molecule is CCCCCCCCCCCc1nnc(SCC(=O)N/N=C/c2cccc(OC(=O)c3sc4ccccc4c3Cl)c2)n1-c1ccccc1. The molecule has 3 aromatic carbocycles. The molecule has 5 aromatic rings. The summed E-state index contributed by atoms with van der Waals surface area (Å²) >= 11 is 9.05. The zero-order chi connectivity index (χ0) is 33.6.